The largest absolute Gasteiger partial charge is 0.339 e. The Morgan fingerprint density at radius 3 is 2.42 bits per heavy atom. The highest BCUT2D eigenvalue weighted by Gasteiger charge is 2.39. The predicted molar refractivity (Wildman–Crippen MR) is 88.6 cm³/mol. The molecular weight excluding hydrogens is 328 g/mol. The third kappa shape index (κ3) is 3.45. The van der Waals surface area contributed by atoms with Crippen molar-refractivity contribution in [3.63, 3.8) is 0 Å². The van der Waals surface area contributed by atoms with Gasteiger partial charge in [0.05, 0.1) is 10.8 Å². The van der Waals surface area contributed by atoms with Gasteiger partial charge in [-0.05, 0) is 31.9 Å². The molecule has 24 heavy (non-hydrogen) atoms. The van der Waals surface area contributed by atoms with E-state index in [0.717, 1.165) is 31.2 Å². The number of amides is 2. The first-order valence-electron chi connectivity index (χ1n) is 8.29. The summed E-state index contributed by atoms with van der Waals surface area (Å²) in [6, 6.07) is 6.51. The number of nitrogens with zero attached hydrogens (tertiary/aromatic N) is 1. The van der Waals surface area contributed by atoms with Crippen molar-refractivity contribution < 1.29 is 18.0 Å². The molecule has 0 bridgehead atoms. The lowest BCUT2D eigenvalue weighted by Crippen LogP contribution is -2.38. The molecule has 1 saturated heterocycles. The Labute approximate surface area is 142 Å². The van der Waals surface area contributed by atoms with Gasteiger partial charge in [-0.2, -0.15) is 0 Å². The molecule has 2 fully saturated rings. The number of nitrogens with one attached hydrogen (secondary N) is 1. The molecule has 130 valence electrons. The maximum Gasteiger partial charge on any atom is 0.264 e. The Hall–Kier alpha value is -1.89. The van der Waals surface area contributed by atoms with Gasteiger partial charge >= 0.3 is 0 Å². The van der Waals surface area contributed by atoms with Gasteiger partial charge in [0.25, 0.3) is 10.0 Å². The number of hydrogen-bond donors (Lipinski definition) is 1. The van der Waals surface area contributed by atoms with Gasteiger partial charge in [0.15, 0.2) is 0 Å². The van der Waals surface area contributed by atoms with Crippen LogP contribution in [0, 0.1) is 12.8 Å². The molecule has 1 aromatic carbocycles. The van der Waals surface area contributed by atoms with Gasteiger partial charge in [-0.25, -0.2) is 13.1 Å². The second-order valence-electron chi connectivity index (χ2n) is 6.67. The minimum atomic E-state index is -3.90. The molecule has 2 amide bonds. The van der Waals surface area contributed by atoms with Gasteiger partial charge in [-0.1, -0.05) is 30.5 Å². The number of carbonyl (C=O) groups excluding carboxylic acids is 2. The van der Waals surface area contributed by atoms with Crippen LogP contribution in [-0.2, 0) is 19.6 Å². The quantitative estimate of drug-likeness (QED) is 0.894. The third-order valence-corrected chi connectivity index (χ3v) is 6.22. The van der Waals surface area contributed by atoms with E-state index in [1.165, 1.54) is 12.1 Å². The monoisotopic (exact) mass is 350 g/mol. The minimum absolute atomic E-state index is 0.0465. The third-order valence-electron chi connectivity index (χ3n) is 4.86. The summed E-state index contributed by atoms with van der Waals surface area (Å²) in [6.07, 6.45) is 4.25. The van der Waals surface area contributed by atoms with Crippen LogP contribution in [0.5, 0.6) is 0 Å². The van der Waals surface area contributed by atoms with Crippen LogP contribution < -0.4 is 4.72 Å². The SMILES string of the molecule is Cc1ccc(S(=O)(=O)NC(=O)[C@H]2CC(=O)N(C3CCCC3)C2)cc1. The van der Waals surface area contributed by atoms with Gasteiger partial charge < -0.3 is 4.90 Å². The van der Waals surface area contributed by atoms with Crippen LogP contribution >= 0.6 is 0 Å². The van der Waals surface area contributed by atoms with E-state index in [2.05, 4.69) is 4.72 Å². The van der Waals surface area contributed by atoms with E-state index < -0.39 is 21.8 Å². The zero-order valence-corrected chi connectivity index (χ0v) is 14.5. The molecule has 6 nitrogen and oxygen atoms in total. The fourth-order valence-electron chi connectivity index (χ4n) is 3.47. The number of carbonyl (C=O) groups is 2. The Kier molecular flexibility index (Phi) is 4.62. The van der Waals surface area contributed by atoms with Crippen molar-refractivity contribution >= 4 is 21.8 Å². The van der Waals surface area contributed by atoms with E-state index in [-0.39, 0.29) is 23.3 Å². The van der Waals surface area contributed by atoms with Crippen LogP contribution in [0.2, 0.25) is 0 Å². The number of likely N-dealkylation sites (tertiary alicyclic amines) is 1. The molecule has 3 rings (SSSR count). The van der Waals surface area contributed by atoms with Crippen LogP contribution in [-0.4, -0.2) is 37.7 Å². The molecule has 0 spiro atoms. The summed E-state index contributed by atoms with van der Waals surface area (Å²) in [4.78, 5) is 26.3. The average molecular weight is 350 g/mol. The molecule has 0 unspecified atom stereocenters. The normalized spacial score (nSPS) is 22.1. The standard InChI is InChI=1S/C17H22N2O4S/c1-12-6-8-15(9-7-12)24(22,23)18-17(21)13-10-16(20)19(11-13)14-4-2-3-5-14/h6-9,13-14H,2-5,10-11H2,1H3,(H,18,21)/t13-/m0/s1. The highest BCUT2D eigenvalue weighted by Crippen LogP contribution is 2.29. The zero-order valence-electron chi connectivity index (χ0n) is 13.7. The van der Waals surface area contributed by atoms with Crippen molar-refractivity contribution in [3.8, 4) is 0 Å². The molecule has 0 radical (unpaired) electrons. The van der Waals surface area contributed by atoms with Crippen LogP contribution in [0.3, 0.4) is 0 Å². The molecule has 7 heteroatoms. The first-order chi connectivity index (χ1) is 11.4. The molecule has 1 atom stereocenters. The van der Waals surface area contributed by atoms with Crippen LogP contribution in [0.15, 0.2) is 29.2 Å². The summed E-state index contributed by atoms with van der Waals surface area (Å²) in [5.41, 5.74) is 0.939. The molecule has 1 heterocycles. The van der Waals surface area contributed by atoms with Gasteiger partial charge in [-0.3, -0.25) is 9.59 Å². The Balaban J connectivity index is 1.66. The summed E-state index contributed by atoms with van der Waals surface area (Å²) < 4.78 is 26.7. The second kappa shape index (κ2) is 6.55. The molecule has 1 saturated carbocycles. The van der Waals surface area contributed by atoms with E-state index in [1.807, 2.05) is 6.92 Å². The van der Waals surface area contributed by atoms with Crippen molar-refractivity contribution in [1.29, 1.82) is 0 Å². The molecule has 1 aliphatic heterocycles. The van der Waals surface area contributed by atoms with E-state index in [9.17, 15) is 18.0 Å². The predicted octanol–water partition coefficient (Wildman–Crippen LogP) is 1.59. The summed E-state index contributed by atoms with van der Waals surface area (Å²) in [6.45, 7) is 2.18. The first kappa shape index (κ1) is 17.0. The number of benzene rings is 1. The number of aryl methyl sites for hydroxylation is 1. The summed E-state index contributed by atoms with van der Waals surface area (Å²) in [5.74, 6) is -1.24. The number of hydrogen-bond acceptors (Lipinski definition) is 4. The van der Waals surface area contributed by atoms with Gasteiger partial charge in [-0.15, -0.1) is 0 Å². The molecule has 1 N–H and O–H groups in total. The van der Waals surface area contributed by atoms with Crippen LogP contribution in [0.4, 0.5) is 0 Å². The molecule has 1 aromatic rings. The van der Waals surface area contributed by atoms with E-state index in [4.69, 9.17) is 0 Å². The highest BCUT2D eigenvalue weighted by molar-refractivity contribution is 7.90. The molecule has 1 aliphatic carbocycles. The van der Waals surface area contributed by atoms with Crippen molar-refractivity contribution in [2.24, 2.45) is 5.92 Å². The summed E-state index contributed by atoms with van der Waals surface area (Å²) in [5, 5.41) is 0. The van der Waals surface area contributed by atoms with Crippen molar-refractivity contribution in [2.75, 3.05) is 6.54 Å². The van der Waals surface area contributed by atoms with E-state index >= 15 is 0 Å². The lowest BCUT2D eigenvalue weighted by Gasteiger charge is -2.23. The lowest BCUT2D eigenvalue weighted by atomic mass is 10.1. The van der Waals surface area contributed by atoms with Crippen molar-refractivity contribution in [1.82, 2.24) is 9.62 Å². The van der Waals surface area contributed by atoms with E-state index in [1.54, 1.807) is 17.0 Å². The summed E-state index contributed by atoms with van der Waals surface area (Å²) in [7, 11) is -3.90. The van der Waals surface area contributed by atoms with Crippen molar-refractivity contribution in [2.45, 2.75) is 50.0 Å². The van der Waals surface area contributed by atoms with Crippen LogP contribution in [0.1, 0.15) is 37.7 Å². The first-order valence-corrected chi connectivity index (χ1v) is 9.78. The van der Waals surface area contributed by atoms with Gasteiger partial charge in [0.1, 0.15) is 0 Å². The fourth-order valence-corrected chi connectivity index (χ4v) is 4.51. The number of rotatable bonds is 4. The Morgan fingerprint density at radius 2 is 1.79 bits per heavy atom. The molecular formula is C17H22N2O4S. The second-order valence-corrected chi connectivity index (χ2v) is 8.35. The van der Waals surface area contributed by atoms with Crippen molar-refractivity contribution in [3.05, 3.63) is 29.8 Å². The topological polar surface area (TPSA) is 83.5 Å². The van der Waals surface area contributed by atoms with Gasteiger partial charge in [0.2, 0.25) is 11.8 Å². The average Bonchev–Trinajstić information content (AvgIpc) is 3.16. The number of sulfonamides is 1. The smallest absolute Gasteiger partial charge is 0.264 e. The minimum Gasteiger partial charge on any atom is -0.339 e. The molecule has 2 aliphatic rings. The van der Waals surface area contributed by atoms with E-state index in [0.29, 0.717) is 6.54 Å². The molecule has 0 aromatic heterocycles. The maximum absolute atomic E-state index is 12.3. The van der Waals surface area contributed by atoms with Gasteiger partial charge in [0, 0.05) is 19.0 Å². The lowest BCUT2D eigenvalue weighted by molar-refractivity contribution is -0.130. The Morgan fingerprint density at radius 1 is 1.17 bits per heavy atom. The maximum atomic E-state index is 12.3. The fraction of sp³-hybridized carbons (Fsp3) is 0.529. The zero-order chi connectivity index (χ0) is 17.3. The summed E-state index contributed by atoms with van der Waals surface area (Å²) >= 11 is 0. The Bertz CT molecular complexity index is 736. The highest BCUT2D eigenvalue weighted by atomic mass is 32.2. The van der Waals surface area contributed by atoms with Crippen LogP contribution in [0.25, 0.3) is 0 Å².